The van der Waals surface area contributed by atoms with Gasteiger partial charge in [-0.15, -0.1) is 0 Å². The second kappa shape index (κ2) is 16.3. The molecular weight excluding hydrogens is 538 g/mol. The van der Waals surface area contributed by atoms with Gasteiger partial charge in [0.2, 0.25) is 30.2 Å². The lowest BCUT2D eigenvalue weighted by Gasteiger charge is -2.29. The number of allylic oxidation sites excluding steroid dienone is 1. The summed E-state index contributed by atoms with van der Waals surface area (Å²) in [6.45, 7) is 5.77. The summed E-state index contributed by atoms with van der Waals surface area (Å²) in [6, 6.07) is 0. The van der Waals surface area contributed by atoms with Gasteiger partial charge in [-0.1, -0.05) is 18.9 Å². The Labute approximate surface area is 238 Å². The molecule has 0 atom stereocenters. The van der Waals surface area contributed by atoms with Crippen LogP contribution >= 0.6 is 0 Å². The molecule has 0 radical (unpaired) electrons. The number of amides is 2. The number of unbranched alkanes of at least 4 members (excludes halogenated alkanes) is 3. The van der Waals surface area contributed by atoms with Crippen LogP contribution in [0.4, 0.5) is 26.6 Å². The Morgan fingerprint density at radius 2 is 1.85 bits per heavy atom. The Hall–Kier alpha value is -4.01. The van der Waals surface area contributed by atoms with Crippen LogP contribution in [0.15, 0.2) is 18.3 Å². The van der Waals surface area contributed by atoms with Crippen LogP contribution in [0.3, 0.4) is 0 Å². The van der Waals surface area contributed by atoms with Crippen molar-refractivity contribution in [1.82, 2.24) is 35.1 Å². The number of likely N-dealkylation sites (N-methyl/N-ethyl adjacent to an activating group) is 1. The first-order valence-electron chi connectivity index (χ1n) is 13.6. The Bertz CT molecular complexity index is 1160. The Balaban J connectivity index is 1.82. The molecule has 1 saturated heterocycles. The third-order valence-corrected chi connectivity index (χ3v) is 6.44. The number of carbonyl (C=O) groups is 2. The highest BCUT2D eigenvalue weighted by Crippen LogP contribution is 2.29. The van der Waals surface area contributed by atoms with Gasteiger partial charge >= 0.3 is 0 Å². The van der Waals surface area contributed by atoms with Gasteiger partial charge in [0.05, 0.1) is 18.8 Å². The number of morpholine rings is 1. The number of nitrogens with zero attached hydrogens (tertiary/aromatic N) is 8. The van der Waals surface area contributed by atoms with Crippen molar-refractivity contribution in [2.75, 3.05) is 75.1 Å². The molecule has 3 rings (SSSR count). The fourth-order valence-corrected chi connectivity index (χ4v) is 4.22. The van der Waals surface area contributed by atoms with E-state index in [1.807, 2.05) is 16.7 Å². The van der Waals surface area contributed by atoms with Crippen LogP contribution in [0.5, 0.6) is 0 Å². The first-order chi connectivity index (χ1) is 19.8. The summed E-state index contributed by atoms with van der Waals surface area (Å²) in [7, 11) is 1.78. The number of hydrogen-bond donors (Lipinski definition) is 2. The van der Waals surface area contributed by atoms with Crippen LogP contribution in [-0.2, 0) is 14.3 Å². The maximum Gasteiger partial charge on any atom is 0.281 e. The average molecular weight is 577 g/mol. The summed E-state index contributed by atoms with van der Waals surface area (Å²) in [5, 5.41) is 2.65. The molecule has 41 heavy (non-hydrogen) atoms. The number of halogens is 2. The van der Waals surface area contributed by atoms with E-state index in [-0.39, 0.29) is 29.2 Å². The zero-order chi connectivity index (χ0) is 29.6. The number of aromatic nitrogens is 5. The van der Waals surface area contributed by atoms with E-state index in [4.69, 9.17) is 10.5 Å². The molecule has 0 spiro atoms. The molecule has 2 aromatic heterocycles. The third kappa shape index (κ3) is 9.55. The van der Waals surface area contributed by atoms with E-state index in [1.54, 1.807) is 24.1 Å². The molecule has 1 fully saturated rings. The number of anilines is 3. The minimum absolute atomic E-state index is 0.00831. The predicted octanol–water partition coefficient (Wildman–Crippen LogP) is 1.83. The Morgan fingerprint density at radius 3 is 2.54 bits per heavy atom. The zero-order valence-electron chi connectivity index (χ0n) is 23.5. The van der Waals surface area contributed by atoms with Crippen LogP contribution in [0, 0.1) is 0 Å². The Kier molecular flexibility index (Phi) is 12.5. The molecule has 1 aliphatic heterocycles. The number of nitrogens with one attached hydrogen (secondary N) is 1. The second-order valence-electron chi connectivity index (χ2n) is 9.42. The van der Waals surface area contributed by atoms with Crippen molar-refractivity contribution in [3.8, 4) is 11.4 Å². The van der Waals surface area contributed by atoms with E-state index in [0.717, 1.165) is 25.7 Å². The number of nitrogens with two attached hydrogens (primary N) is 1. The number of ether oxygens (including phenoxy) is 1. The van der Waals surface area contributed by atoms with Crippen LogP contribution in [-0.4, -0.2) is 102 Å². The van der Waals surface area contributed by atoms with Gasteiger partial charge < -0.3 is 30.5 Å². The van der Waals surface area contributed by atoms with Crippen molar-refractivity contribution in [1.29, 1.82) is 0 Å². The quantitative estimate of drug-likeness (QED) is 0.171. The van der Waals surface area contributed by atoms with Crippen molar-refractivity contribution in [2.24, 2.45) is 0 Å². The third-order valence-electron chi connectivity index (χ3n) is 6.44. The SMILES string of the molecule is C/C=C/C(=O)N(C)CCCCCCN(CCNC=O)c1nc(-c2cnc(N)nc2C(F)F)nc(N2CCOCC2)n1. The molecule has 0 unspecified atom stereocenters. The molecule has 2 aromatic rings. The maximum atomic E-state index is 13.9. The van der Waals surface area contributed by atoms with Crippen molar-refractivity contribution >= 4 is 30.2 Å². The van der Waals surface area contributed by atoms with Crippen LogP contribution in [0.1, 0.15) is 44.7 Å². The minimum Gasteiger partial charge on any atom is -0.378 e. The predicted molar refractivity (Wildman–Crippen MR) is 150 cm³/mol. The first-order valence-corrected chi connectivity index (χ1v) is 13.6. The topological polar surface area (TPSA) is 156 Å². The summed E-state index contributed by atoms with van der Waals surface area (Å²) >= 11 is 0. The molecular formula is C26H38F2N10O3. The molecule has 13 nitrogen and oxygen atoms in total. The molecule has 2 amide bonds. The van der Waals surface area contributed by atoms with Crippen LogP contribution in [0.2, 0.25) is 0 Å². The first kappa shape index (κ1) is 31.5. The molecule has 3 N–H and O–H groups in total. The van der Waals surface area contributed by atoms with Gasteiger partial charge in [-0.2, -0.15) is 15.0 Å². The number of nitrogen functional groups attached to an aromatic ring is 1. The summed E-state index contributed by atoms with van der Waals surface area (Å²) < 4.78 is 33.2. The lowest BCUT2D eigenvalue weighted by Crippen LogP contribution is -2.38. The standard InChI is InChI=1S/C26H38F2N10O3/c1-3-8-20(40)36(2)10-6-4-5-7-11-37(12-9-30-18-39)25-33-23(19-17-31-24(29)32-21(19)22(27)28)34-26(35-25)38-13-15-41-16-14-38/h3,8,17-18,22H,4-7,9-16H2,1-2H3,(H,30,39)(H2,29,31,32)/b8-3+. The smallest absolute Gasteiger partial charge is 0.281 e. The highest BCUT2D eigenvalue weighted by atomic mass is 19.3. The molecule has 15 heteroatoms. The van der Waals surface area contributed by atoms with Gasteiger partial charge in [0.25, 0.3) is 6.43 Å². The maximum absolute atomic E-state index is 13.9. The molecule has 224 valence electrons. The minimum atomic E-state index is -2.91. The number of alkyl halides is 2. The highest BCUT2D eigenvalue weighted by Gasteiger charge is 2.24. The van der Waals surface area contributed by atoms with Gasteiger partial charge in [-0.3, -0.25) is 9.59 Å². The van der Waals surface area contributed by atoms with Gasteiger partial charge in [0, 0.05) is 52.5 Å². The van der Waals surface area contributed by atoms with E-state index < -0.39 is 12.1 Å². The molecule has 1 aliphatic rings. The molecule has 0 saturated carbocycles. The van der Waals surface area contributed by atoms with Gasteiger partial charge in [-0.25, -0.2) is 18.7 Å². The van der Waals surface area contributed by atoms with E-state index >= 15 is 0 Å². The van der Waals surface area contributed by atoms with Crippen LogP contribution in [0.25, 0.3) is 11.4 Å². The molecule has 3 heterocycles. The summed E-state index contributed by atoms with van der Waals surface area (Å²) in [6.07, 6.45) is 5.60. The largest absolute Gasteiger partial charge is 0.378 e. The van der Waals surface area contributed by atoms with Crippen molar-refractivity contribution in [2.45, 2.75) is 39.0 Å². The summed E-state index contributed by atoms with van der Waals surface area (Å²) in [5.41, 5.74) is 4.98. The van der Waals surface area contributed by atoms with Gasteiger partial charge in [0.1, 0.15) is 5.69 Å². The number of hydrogen-bond acceptors (Lipinski definition) is 11. The zero-order valence-corrected chi connectivity index (χ0v) is 23.5. The van der Waals surface area contributed by atoms with Crippen molar-refractivity contribution < 1.29 is 23.1 Å². The number of rotatable bonds is 16. The van der Waals surface area contributed by atoms with Gasteiger partial charge in [0.15, 0.2) is 5.82 Å². The normalized spacial score (nSPS) is 13.5. The fraction of sp³-hybridized carbons (Fsp3) is 0.577. The van der Waals surface area contributed by atoms with E-state index in [2.05, 4.69) is 30.2 Å². The number of carbonyl (C=O) groups excluding carboxylic acids is 2. The monoisotopic (exact) mass is 576 g/mol. The van der Waals surface area contributed by atoms with Crippen molar-refractivity contribution in [3.63, 3.8) is 0 Å². The Morgan fingerprint density at radius 1 is 1.12 bits per heavy atom. The summed E-state index contributed by atoms with van der Waals surface area (Å²) in [5.74, 6) is 0.328. The van der Waals surface area contributed by atoms with E-state index in [1.165, 1.54) is 6.20 Å². The fourth-order valence-electron chi connectivity index (χ4n) is 4.22. The summed E-state index contributed by atoms with van der Waals surface area (Å²) in [4.78, 5) is 49.7. The average Bonchev–Trinajstić information content (AvgIpc) is 2.98. The van der Waals surface area contributed by atoms with E-state index in [9.17, 15) is 18.4 Å². The lowest BCUT2D eigenvalue weighted by molar-refractivity contribution is -0.124. The second-order valence-corrected chi connectivity index (χ2v) is 9.42. The molecule has 0 bridgehead atoms. The van der Waals surface area contributed by atoms with Crippen molar-refractivity contribution in [3.05, 3.63) is 24.0 Å². The molecule has 0 aromatic carbocycles. The van der Waals surface area contributed by atoms with Crippen LogP contribution < -0.4 is 20.9 Å². The molecule has 0 aliphatic carbocycles. The highest BCUT2D eigenvalue weighted by molar-refractivity contribution is 5.87. The van der Waals surface area contributed by atoms with E-state index in [0.29, 0.717) is 64.8 Å². The lowest BCUT2D eigenvalue weighted by atomic mass is 10.2. The van der Waals surface area contributed by atoms with Gasteiger partial charge in [-0.05, 0) is 25.8 Å².